The van der Waals surface area contributed by atoms with Crippen molar-refractivity contribution in [2.24, 2.45) is 7.05 Å². The molecule has 7 heteroatoms. The maximum absolute atomic E-state index is 12.6. The number of carbonyl (C=O) groups excluding carboxylic acids is 1. The molecule has 0 radical (unpaired) electrons. The number of carbonyl (C=O) groups is 1. The number of H-pyrrole nitrogens is 1. The number of anilines is 1. The van der Waals surface area contributed by atoms with Gasteiger partial charge >= 0.3 is 0 Å². The Morgan fingerprint density at radius 1 is 1.39 bits per heavy atom. The number of nitrogens with one attached hydrogen (secondary N) is 2. The molecule has 0 bridgehead atoms. The Morgan fingerprint density at radius 3 is 2.78 bits per heavy atom. The summed E-state index contributed by atoms with van der Waals surface area (Å²) in [7, 11) is 3.34. The molecule has 120 valence electrons. The quantitative estimate of drug-likeness (QED) is 0.756. The zero-order valence-corrected chi connectivity index (χ0v) is 13.3. The van der Waals surface area contributed by atoms with Crippen LogP contribution in [-0.4, -0.2) is 33.0 Å². The molecule has 1 aromatic carbocycles. The molecule has 1 atom stereocenters. The zero-order valence-electron chi connectivity index (χ0n) is 13.3. The Bertz CT molecular complexity index is 822. The molecule has 0 saturated carbocycles. The van der Waals surface area contributed by atoms with E-state index in [4.69, 9.17) is 4.74 Å². The van der Waals surface area contributed by atoms with Crippen molar-refractivity contribution in [3.8, 4) is 0 Å². The number of fused-ring (bicyclic) bond motifs is 1. The summed E-state index contributed by atoms with van der Waals surface area (Å²) in [4.78, 5) is 12.6. The van der Waals surface area contributed by atoms with Gasteiger partial charge in [-0.2, -0.15) is 10.2 Å². The van der Waals surface area contributed by atoms with E-state index in [9.17, 15) is 4.79 Å². The van der Waals surface area contributed by atoms with Gasteiger partial charge in [0.2, 0.25) is 0 Å². The summed E-state index contributed by atoms with van der Waals surface area (Å²) in [6.45, 7) is 2.02. The minimum Gasteiger partial charge on any atom is -0.367 e. The number of aromatic amines is 1. The Morgan fingerprint density at radius 2 is 2.13 bits per heavy atom. The summed E-state index contributed by atoms with van der Waals surface area (Å²) >= 11 is 0. The first-order chi connectivity index (χ1) is 11.2. The number of aromatic nitrogens is 4. The first kappa shape index (κ1) is 15.2. The van der Waals surface area contributed by atoms with Gasteiger partial charge < -0.3 is 10.1 Å². The fourth-order valence-electron chi connectivity index (χ4n) is 2.67. The molecule has 0 saturated heterocycles. The fourth-order valence-corrected chi connectivity index (χ4v) is 2.67. The van der Waals surface area contributed by atoms with Crippen molar-refractivity contribution >= 4 is 22.8 Å². The number of hydrogen-bond acceptors (Lipinski definition) is 4. The lowest BCUT2D eigenvalue weighted by Gasteiger charge is -2.15. The topological polar surface area (TPSA) is 84.8 Å². The molecule has 2 N–H and O–H groups in total. The van der Waals surface area contributed by atoms with Crippen LogP contribution in [0.3, 0.4) is 0 Å². The van der Waals surface area contributed by atoms with Crippen LogP contribution in [0.4, 0.5) is 5.82 Å². The predicted molar refractivity (Wildman–Crippen MR) is 87.1 cm³/mol. The molecule has 0 fully saturated rings. The van der Waals surface area contributed by atoms with Crippen LogP contribution in [0.25, 0.3) is 11.0 Å². The lowest BCUT2D eigenvalue weighted by atomic mass is 10.1. The Kier molecular flexibility index (Phi) is 4.12. The lowest BCUT2D eigenvalue weighted by molar-refractivity contribution is -0.126. The van der Waals surface area contributed by atoms with E-state index in [2.05, 4.69) is 20.6 Å². The van der Waals surface area contributed by atoms with Crippen LogP contribution in [-0.2, 0) is 23.0 Å². The van der Waals surface area contributed by atoms with E-state index in [1.165, 1.54) is 7.11 Å². The van der Waals surface area contributed by atoms with Gasteiger partial charge in [-0.3, -0.25) is 9.89 Å². The second-order valence-corrected chi connectivity index (χ2v) is 5.24. The summed E-state index contributed by atoms with van der Waals surface area (Å²) in [5, 5.41) is 15.2. The molecular weight excluding hydrogens is 294 g/mol. The van der Waals surface area contributed by atoms with E-state index in [1.807, 2.05) is 44.3 Å². The molecule has 0 aliphatic rings. The Hall–Kier alpha value is -2.67. The van der Waals surface area contributed by atoms with E-state index >= 15 is 0 Å². The Labute approximate surface area is 133 Å². The number of methoxy groups -OCH3 is 1. The molecule has 0 spiro atoms. The fraction of sp³-hybridized carbons (Fsp3) is 0.312. The van der Waals surface area contributed by atoms with Crippen LogP contribution >= 0.6 is 0 Å². The van der Waals surface area contributed by atoms with Gasteiger partial charge in [-0.25, -0.2) is 4.68 Å². The number of rotatable bonds is 5. The highest BCUT2D eigenvalue weighted by Crippen LogP contribution is 2.26. The van der Waals surface area contributed by atoms with E-state index in [-0.39, 0.29) is 5.91 Å². The maximum Gasteiger partial charge on any atom is 0.259 e. The SMILES string of the molecule is CCc1nn(C)c2n[nH]c(NC(=O)C(OC)c3ccccc3)c12. The minimum atomic E-state index is -0.684. The van der Waals surface area contributed by atoms with Crippen LogP contribution < -0.4 is 5.32 Å². The van der Waals surface area contributed by atoms with Crippen molar-refractivity contribution in [3.05, 3.63) is 41.6 Å². The van der Waals surface area contributed by atoms with E-state index in [1.54, 1.807) is 4.68 Å². The van der Waals surface area contributed by atoms with E-state index < -0.39 is 6.10 Å². The van der Waals surface area contributed by atoms with Crippen molar-refractivity contribution < 1.29 is 9.53 Å². The van der Waals surface area contributed by atoms with Crippen molar-refractivity contribution in [1.82, 2.24) is 20.0 Å². The second kappa shape index (κ2) is 6.21. The third-order valence-electron chi connectivity index (χ3n) is 3.77. The summed E-state index contributed by atoms with van der Waals surface area (Å²) in [5.74, 6) is 0.295. The highest BCUT2D eigenvalue weighted by molar-refractivity contribution is 6.01. The van der Waals surface area contributed by atoms with E-state index in [0.717, 1.165) is 23.1 Å². The molecule has 2 heterocycles. The Balaban J connectivity index is 1.91. The molecule has 7 nitrogen and oxygen atoms in total. The molecule has 23 heavy (non-hydrogen) atoms. The molecule has 0 aliphatic heterocycles. The summed E-state index contributed by atoms with van der Waals surface area (Å²) in [6.07, 6.45) is 0.0721. The highest BCUT2D eigenvalue weighted by atomic mass is 16.5. The average molecular weight is 313 g/mol. The minimum absolute atomic E-state index is 0.254. The largest absolute Gasteiger partial charge is 0.367 e. The zero-order chi connectivity index (χ0) is 16.4. The lowest BCUT2D eigenvalue weighted by Crippen LogP contribution is -2.22. The third-order valence-corrected chi connectivity index (χ3v) is 3.77. The molecule has 3 rings (SSSR count). The van der Waals surface area contributed by atoms with Crippen molar-refractivity contribution in [1.29, 1.82) is 0 Å². The van der Waals surface area contributed by atoms with Crippen LogP contribution in [0.5, 0.6) is 0 Å². The van der Waals surface area contributed by atoms with Crippen molar-refractivity contribution in [2.75, 3.05) is 12.4 Å². The number of nitrogens with zero attached hydrogens (tertiary/aromatic N) is 3. The van der Waals surface area contributed by atoms with Crippen LogP contribution in [0, 0.1) is 0 Å². The molecule has 3 aromatic rings. The summed E-state index contributed by atoms with van der Waals surface area (Å²) in [5.41, 5.74) is 2.40. The summed E-state index contributed by atoms with van der Waals surface area (Å²) < 4.78 is 7.05. The second-order valence-electron chi connectivity index (χ2n) is 5.24. The van der Waals surface area contributed by atoms with Gasteiger partial charge in [-0.05, 0) is 12.0 Å². The van der Waals surface area contributed by atoms with Crippen LogP contribution in [0.15, 0.2) is 30.3 Å². The van der Waals surface area contributed by atoms with Gasteiger partial charge in [-0.1, -0.05) is 37.3 Å². The molecule has 2 aromatic heterocycles. The number of hydrogen-bond donors (Lipinski definition) is 2. The standard InChI is InChI=1S/C16H19N5O2/c1-4-11-12-14(18-19-15(12)21(2)20-11)17-16(22)13(23-3)10-8-6-5-7-9-10/h5-9,13H,4H2,1-3H3,(H2,17,18,19,22). The van der Waals surface area contributed by atoms with E-state index in [0.29, 0.717) is 11.5 Å². The molecule has 1 unspecified atom stereocenters. The van der Waals surface area contributed by atoms with Crippen LogP contribution in [0.1, 0.15) is 24.3 Å². The normalized spacial score (nSPS) is 12.5. The van der Waals surface area contributed by atoms with Gasteiger partial charge in [0.25, 0.3) is 5.91 Å². The molecule has 0 aliphatic carbocycles. The van der Waals surface area contributed by atoms with Crippen molar-refractivity contribution in [2.45, 2.75) is 19.4 Å². The predicted octanol–water partition coefficient (Wildman–Crippen LogP) is 2.18. The van der Waals surface area contributed by atoms with Gasteiger partial charge in [0.15, 0.2) is 11.8 Å². The monoisotopic (exact) mass is 313 g/mol. The van der Waals surface area contributed by atoms with Gasteiger partial charge in [0.05, 0.1) is 11.1 Å². The molecular formula is C16H19N5O2. The maximum atomic E-state index is 12.6. The van der Waals surface area contributed by atoms with Gasteiger partial charge in [-0.15, -0.1) is 0 Å². The smallest absolute Gasteiger partial charge is 0.259 e. The molecule has 1 amide bonds. The van der Waals surface area contributed by atoms with Gasteiger partial charge in [0, 0.05) is 14.2 Å². The average Bonchev–Trinajstić information content (AvgIpc) is 3.11. The van der Waals surface area contributed by atoms with Gasteiger partial charge in [0.1, 0.15) is 5.82 Å². The number of aryl methyl sites for hydroxylation is 2. The first-order valence-electron chi connectivity index (χ1n) is 7.44. The third kappa shape index (κ3) is 2.70. The number of benzene rings is 1. The van der Waals surface area contributed by atoms with Crippen LogP contribution in [0.2, 0.25) is 0 Å². The first-order valence-corrected chi connectivity index (χ1v) is 7.44. The number of amides is 1. The van der Waals surface area contributed by atoms with Crippen molar-refractivity contribution in [3.63, 3.8) is 0 Å². The number of ether oxygens (including phenoxy) is 1. The summed E-state index contributed by atoms with van der Waals surface area (Å²) in [6, 6.07) is 9.37. The highest BCUT2D eigenvalue weighted by Gasteiger charge is 2.23.